The first kappa shape index (κ1) is 10.6. The minimum absolute atomic E-state index is 0.901. The number of hydrogen-bond donors (Lipinski definition) is 1. The van der Waals surface area contributed by atoms with Crippen LogP contribution in [0.2, 0.25) is 0 Å². The molecule has 1 N–H and O–H groups in total. The fourth-order valence-electron chi connectivity index (χ4n) is 1.36. The van der Waals surface area contributed by atoms with Crippen LogP contribution in [0.1, 0.15) is 12.8 Å². The summed E-state index contributed by atoms with van der Waals surface area (Å²) in [5.74, 6) is 3.60. The van der Waals surface area contributed by atoms with Crippen LogP contribution in [-0.4, -0.2) is 24.6 Å². The van der Waals surface area contributed by atoms with Crippen LogP contribution in [-0.2, 0) is 0 Å². The van der Waals surface area contributed by atoms with Gasteiger partial charge in [-0.3, -0.25) is 0 Å². The SMILES string of the molecule is C=C(Br)CNCC1CCSCC1. The molecule has 0 aromatic heterocycles. The standard InChI is InChI=1S/C9H16BrNS/c1-8(10)6-11-7-9-2-4-12-5-3-9/h9,11H,1-7H2. The first-order chi connectivity index (χ1) is 5.79. The highest BCUT2D eigenvalue weighted by atomic mass is 79.9. The van der Waals surface area contributed by atoms with E-state index < -0.39 is 0 Å². The summed E-state index contributed by atoms with van der Waals surface area (Å²) in [4.78, 5) is 0. The van der Waals surface area contributed by atoms with Crippen LogP contribution in [0, 0.1) is 5.92 Å². The van der Waals surface area contributed by atoms with Crippen molar-refractivity contribution in [3.63, 3.8) is 0 Å². The average Bonchev–Trinajstić information content (AvgIpc) is 2.05. The summed E-state index contributed by atoms with van der Waals surface area (Å²) in [6, 6.07) is 0. The molecule has 0 aliphatic carbocycles. The largest absolute Gasteiger partial charge is 0.312 e. The van der Waals surface area contributed by atoms with Gasteiger partial charge in [0, 0.05) is 11.0 Å². The topological polar surface area (TPSA) is 12.0 Å². The Hall–Kier alpha value is 0.530. The highest BCUT2D eigenvalue weighted by molar-refractivity contribution is 9.11. The van der Waals surface area contributed by atoms with Crippen LogP contribution in [0.25, 0.3) is 0 Å². The lowest BCUT2D eigenvalue weighted by Crippen LogP contribution is -2.26. The molecule has 0 aromatic rings. The van der Waals surface area contributed by atoms with E-state index in [0.29, 0.717) is 0 Å². The van der Waals surface area contributed by atoms with Gasteiger partial charge in [-0.05, 0) is 36.8 Å². The van der Waals surface area contributed by atoms with Gasteiger partial charge in [-0.15, -0.1) is 0 Å². The fourth-order valence-corrected chi connectivity index (χ4v) is 2.76. The van der Waals surface area contributed by atoms with Gasteiger partial charge in [-0.25, -0.2) is 0 Å². The molecule has 0 unspecified atom stereocenters. The number of thioether (sulfide) groups is 1. The van der Waals surface area contributed by atoms with E-state index in [2.05, 4.69) is 39.6 Å². The second-order valence-electron chi connectivity index (χ2n) is 3.20. The lowest BCUT2D eigenvalue weighted by Gasteiger charge is -2.21. The van der Waals surface area contributed by atoms with Crippen molar-refractivity contribution in [2.45, 2.75) is 12.8 Å². The number of halogens is 1. The molecule has 1 aliphatic heterocycles. The van der Waals surface area contributed by atoms with Crippen molar-refractivity contribution in [3.05, 3.63) is 11.1 Å². The molecule has 0 saturated carbocycles. The van der Waals surface area contributed by atoms with Gasteiger partial charge in [0.15, 0.2) is 0 Å². The molecule has 1 fully saturated rings. The number of hydrogen-bond acceptors (Lipinski definition) is 2. The minimum atomic E-state index is 0.901. The quantitative estimate of drug-likeness (QED) is 0.823. The summed E-state index contributed by atoms with van der Waals surface area (Å²) < 4.78 is 1.05. The maximum atomic E-state index is 3.79. The predicted molar refractivity (Wildman–Crippen MR) is 61.0 cm³/mol. The van der Waals surface area contributed by atoms with Gasteiger partial charge in [0.1, 0.15) is 0 Å². The van der Waals surface area contributed by atoms with Crippen LogP contribution < -0.4 is 5.32 Å². The van der Waals surface area contributed by atoms with E-state index in [4.69, 9.17) is 0 Å². The van der Waals surface area contributed by atoms with Gasteiger partial charge >= 0.3 is 0 Å². The lowest BCUT2D eigenvalue weighted by molar-refractivity contribution is 0.459. The molecule has 70 valence electrons. The zero-order valence-electron chi connectivity index (χ0n) is 7.31. The maximum Gasteiger partial charge on any atom is 0.0265 e. The number of nitrogens with one attached hydrogen (secondary N) is 1. The molecular weight excluding hydrogens is 234 g/mol. The summed E-state index contributed by atoms with van der Waals surface area (Å²) in [5, 5.41) is 3.40. The molecular formula is C9H16BrNS. The fraction of sp³-hybridized carbons (Fsp3) is 0.778. The van der Waals surface area contributed by atoms with Crippen LogP contribution in [0.3, 0.4) is 0 Å². The van der Waals surface area contributed by atoms with Gasteiger partial charge in [0.2, 0.25) is 0 Å². The van der Waals surface area contributed by atoms with Crippen LogP contribution >= 0.6 is 27.7 Å². The van der Waals surface area contributed by atoms with Crippen molar-refractivity contribution in [1.29, 1.82) is 0 Å². The Morgan fingerprint density at radius 1 is 1.50 bits per heavy atom. The molecule has 1 saturated heterocycles. The monoisotopic (exact) mass is 249 g/mol. The van der Waals surface area contributed by atoms with E-state index in [1.165, 1.54) is 24.3 Å². The zero-order valence-corrected chi connectivity index (χ0v) is 9.72. The van der Waals surface area contributed by atoms with Gasteiger partial charge in [0.05, 0.1) is 0 Å². The first-order valence-corrected chi connectivity index (χ1v) is 6.35. The third-order valence-corrected chi connectivity index (χ3v) is 3.42. The van der Waals surface area contributed by atoms with Crippen LogP contribution in [0.5, 0.6) is 0 Å². The number of rotatable bonds is 4. The molecule has 0 radical (unpaired) electrons. The summed E-state index contributed by atoms with van der Waals surface area (Å²) in [6.07, 6.45) is 2.76. The zero-order chi connectivity index (χ0) is 8.81. The summed E-state index contributed by atoms with van der Waals surface area (Å²) in [7, 11) is 0. The third kappa shape index (κ3) is 4.53. The molecule has 0 atom stereocenters. The molecule has 1 nitrogen and oxygen atoms in total. The highest BCUT2D eigenvalue weighted by Gasteiger charge is 2.12. The Bertz CT molecular complexity index is 143. The van der Waals surface area contributed by atoms with Gasteiger partial charge in [-0.2, -0.15) is 11.8 Å². The lowest BCUT2D eigenvalue weighted by atomic mass is 10.0. The van der Waals surface area contributed by atoms with E-state index in [1.54, 1.807) is 0 Å². The Labute approximate surface area is 87.5 Å². The molecule has 12 heavy (non-hydrogen) atoms. The minimum Gasteiger partial charge on any atom is -0.312 e. The first-order valence-electron chi connectivity index (χ1n) is 4.41. The van der Waals surface area contributed by atoms with Crippen molar-refractivity contribution >= 4 is 27.7 Å². The Balaban J connectivity index is 2.01. The van der Waals surface area contributed by atoms with Crippen molar-refractivity contribution in [3.8, 4) is 0 Å². The average molecular weight is 250 g/mol. The van der Waals surface area contributed by atoms with E-state index in [-0.39, 0.29) is 0 Å². The van der Waals surface area contributed by atoms with Crippen molar-refractivity contribution in [2.75, 3.05) is 24.6 Å². The predicted octanol–water partition coefficient (Wildman–Crippen LogP) is 2.63. The summed E-state index contributed by atoms with van der Waals surface area (Å²) in [5.41, 5.74) is 0. The van der Waals surface area contributed by atoms with Gasteiger partial charge in [-0.1, -0.05) is 22.5 Å². The molecule has 0 aromatic carbocycles. The molecule has 0 spiro atoms. The molecule has 1 rings (SSSR count). The van der Waals surface area contributed by atoms with Crippen molar-refractivity contribution in [2.24, 2.45) is 5.92 Å². The third-order valence-electron chi connectivity index (χ3n) is 2.09. The second kappa shape index (κ2) is 6.06. The molecule has 1 heterocycles. The second-order valence-corrected chi connectivity index (χ2v) is 5.55. The summed E-state index contributed by atoms with van der Waals surface area (Å²) in [6.45, 7) is 5.85. The van der Waals surface area contributed by atoms with Crippen molar-refractivity contribution < 1.29 is 0 Å². The van der Waals surface area contributed by atoms with E-state index in [0.717, 1.165) is 23.5 Å². The normalized spacial score (nSPS) is 19.4. The smallest absolute Gasteiger partial charge is 0.0265 e. The molecule has 0 amide bonds. The maximum absolute atomic E-state index is 3.79. The van der Waals surface area contributed by atoms with Gasteiger partial charge < -0.3 is 5.32 Å². The molecule has 1 aliphatic rings. The Morgan fingerprint density at radius 2 is 2.17 bits per heavy atom. The highest BCUT2D eigenvalue weighted by Crippen LogP contribution is 2.21. The van der Waals surface area contributed by atoms with Crippen molar-refractivity contribution in [1.82, 2.24) is 5.32 Å². The molecule has 3 heteroatoms. The van der Waals surface area contributed by atoms with Crippen LogP contribution in [0.4, 0.5) is 0 Å². The summed E-state index contributed by atoms with van der Waals surface area (Å²) >= 11 is 5.42. The Morgan fingerprint density at radius 3 is 2.75 bits per heavy atom. The van der Waals surface area contributed by atoms with Gasteiger partial charge in [0.25, 0.3) is 0 Å². The van der Waals surface area contributed by atoms with Crippen LogP contribution in [0.15, 0.2) is 11.1 Å². The molecule has 0 bridgehead atoms. The van der Waals surface area contributed by atoms with E-state index >= 15 is 0 Å². The Kier molecular flexibility index (Phi) is 5.35. The van der Waals surface area contributed by atoms with E-state index in [1.807, 2.05) is 0 Å². The van der Waals surface area contributed by atoms with E-state index in [9.17, 15) is 0 Å².